The fraction of sp³-hybridized carbons (Fsp3) is 0.375. The minimum atomic E-state index is -0.966. The molecule has 0 saturated carbocycles. The smallest absolute Gasteiger partial charge is 0.338 e. The molecule has 0 radical (unpaired) electrons. The zero-order valence-electron chi connectivity index (χ0n) is 12.1. The molecule has 116 valence electrons. The molecule has 1 aromatic heterocycles. The molecule has 1 fully saturated rings. The maximum atomic E-state index is 10.8. The van der Waals surface area contributed by atoms with Gasteiger partial charge in [-0.25, -0.2) is 4.79 Å². The van der Waals surface area contributed by atoms with E-state index in [9.17, 15) is 4.79 Å². The van der Waals surface area contributed by atoms with Gasteiger partial charge >= 0.3 is 5.97 Å². The highest BCUT2D eigenvalue weighted by atomic mass is 16.5. The number of aromatic carboxylic acids is 1. The van der Waals surface area contributed by atoms with Gasteiger partial charge < -0.3 is 14.6 Å². The van der Waals surface area contributed by atoms with Crippen molar-refractivity contribution in [1.29, 1.82) is 0 Å². The maximum absolute atomic E-state index is 10.8. The molecule has 0 spiro atoms. The van der Waals surface area contributed by atoms with E-state index >= 15 is 0 Å². The van der Waals surface area contributed by atoms with E-state index in [0.29, 0.717) is 6.54 Å². The summed E-state index contributed by atoms with van der Waals surface area (Å²) in [5.41, 5.74) is 1.24. The molecule has 1 aliphatic rings. The number of ether oxygens (including phenoxy) is 2. The third-order valence-corrected chi connectivity index (χ3v) is 3.62. The molecule has 0 amide bonds. The summed E-state index contributed by atoms with van der Waals surface area (Å²) < 4.78 is 12.8. The van der Waals surface area contributed by atoms with Crippen LogP contribution < -0.4 is 4.74 Å². The maximum Gasteiger partial charge on any atom is 0.338 e. The van der Waals surface area contributed by atoms with Crippen LogP contribution in [-0.4, -0.2) is 40.2 Å². The highest BCUT2D eigenvalue weighted by Gasteiger charge is 2.15. The third kappa shape index (κ3) is 3.65. The standard InChI is InChI=1S/C16H18N2O4/c19-16(20)13-9-17-18(11-13)10-12-1-3-14(4-2-12)22-15-5-7-21-8-6-15/h1-4,9,11,15H,5-8,10H2,(H,19,20). The lowest BCUT2D eigenvalue weighted by Crippen LogP contribution is -2.25. The molecule has 1 saturated heterocycles. The van der Waals surface area contributed by atoms with E-state index in [1.165, 1.54) is 12.4 Å². The minimum absolute atomic E-state index is 0.194. The van der Waals surface area contributed by atoms with Crippen LogP contribution in [0.5, 0.6) is 5.75 Å². The van der Waals surface area contributed by atoms with Crippen molar-refractivity contribution in [3.63, 3.8) is 0 Å². The lowest BCUT2D eigenvalue weighted by molar-refractivity contribution is 0.0255. The van der Waals surface area contributed by atoms with Crippen LogP contribution in [0, 0.1) is 0 Å². The molecule has 22 heavy (non-hydrogen) atoms. The Labute approximate surface area is 128 Å². The van der Waals surface area contributed by atoms with Crippen molar-refractivity contribution in [2.75, 3.05) is 13.2 Å². The van der Waals surface area contributed by atoms with Gasteiger partial charge in [0.15, 0.2) is 0 Å². The van der Waals surface area contributed by atoms with E-state index in [1.54, 1.807) is 4.68 Å². The van der Waals surface area contributed by atoms with Gasteiger partial charge in [-0.1, -0.05) is 12.1 Å². The number of aromatic nitrogens is 2. The number of rotatable bonds is 5. The van der Waals surface area contributed by atoms with Crippen LogP contribution in [0.2, 0.25) is 0 Å². The second-order valence-corrected chi connectivity index (χ2v) is 5.31. The predicted molar refractivity (Wildman–Crippen MR) is 79.2 cm³/mol. The van der Waals surface area contributed by atoms with Crippen molar-refractivity contribution in [3.8, 4) is 5.75 Å². The van der Waals surface area contributed by atoms with Gasteiger partial charge in [0.25, 0.3) is 0 Å². The molecule has 2 aromatic rings. The Kier molecular flexibility index (Phi) is 4.39. The Morgan fingerprint density at radius 2 is 2.05 bits per heavy atom. The summed E-state index contributed by atoms with van der Waals surface area (Å²) in [5, 5.41) is 12.9. The molecular formula is C16H18N2O4. The fourth-order valence-corrected chi connectivity index (χ4v) is 2.41. The first-order valence-electron chi connectivity index (χ1n) is 7.30. The van der Waals surface area contributed by atoms with Crippen LogP contribution >= 0.6 is 0 Å². The third-order valence-electron chi connectivity index (χ3n) is 3.62. The van der Waals surface area contributed by atoms with Crippen LogP contribution in [0.25, 0.3) is 0 Å². The summed E-state index contributed by atoms with van der Waals surface area (Å²) in [5.74, 6) is -0.117. The van der Waals surface area contributed by atoms with Gasteiger partial charge in [0.2, 0.25) is 0 Å². The molecule has 0 atom stereocenters. The Morgan fingerprint density at radius 1 is 1.32 bits per heavy atom. The van der Waals surface area contributed by atoms with Crippen LogP contribution in [0.15, 0.2) is 36.7 Å². The lowest BCUT2D eigenvalue weighted by Gasteiger charge is -2.23. The summed E-state index contributed by atoms with van der Waals surface area (Å²) in [6, 6.07) is 7.81. The minimum Gasteiger partial charge on any atom is -0.490 e. The zero-order valence-corrected chi connectivity index (χ0v) is 12.1. The average molecular weight is 302 g/mol. The van der Waals surface area contributed by atoms with Crippen LogP contribution in [0.3, 0.4) is 0 Å². The molecule has 6 heteroatoms. The average Bonchev–Trinajstić information content (AvgIpc) is 2.99. The van der Waals surface area contributed by atoms with Crippen LogP contribution in [0.4, 0.5) is 0 Å². The normalized spacial score (nSPS) is 15.6. The Bertz CT molecular complexity index is 630. The molecule has 0 aliphatic carbocycles. The molecule has 0 unspecified atom stereocenters. The molecule has 1 N–H and O–H groups in total. The van der Waals surface area contributed by atoms with E-state index in [0.717, 1.165) is 37.4 Å². The molecule has 1 aliphatic heterocycles. The lowest BCUT2D eigenvalue weighted by atomic mass is 10.1. The molecule has 6 nitrogen and oxygen atoms in total. The first-order chi connectivity index (χ1) is 10.7. The summed E-state index contributed by atoms with van der Waals surface area (Å²) in [4.78, 5) is 10.8. The van der Waals surface area contributed by atoms with E-state index < -0.39 is 5.97 Å². The van der Waals surface area contributed by atoms with Crippen molar-refractivity contribution in [1.82, 2.24) is 9.78 Å². The van der Waals surface area contributed by atoms with Gasteiger partial charge in [-0.2, -0.15) is 5.10 Å². The van der Waals surface area contributed by atoms with Gasteiger partial charge in [0.1, 0.15) is 11.9 Å². The first-order valence-corrected chi connectivity index (χ1v) is 7.30. The zero-order chi connectivity index (χ0) is 15.4. The highest BCUT2D eigenvalue weighted by Crippen LogP contribution is 2.19. The predicted octanol–water partition coefficient (Wildman–Crippen LogP) is 2.19. The number of carboxylic acid groups (broad SMARTS) is 1. The highest BCUT2D eigenvalue weighted by molar-refractivity contribution is 5.86. The van der Waals surface area contributed by atoms with Crippen molar-refractivity contribution < 1.29 is 19.4 Å². The van der Waals surface area contributed by atoms with Gasteiger partial charge in [0.05, 0.1) is 31.5 Å². The molecular weight excluding hydrogens is 284 g/mol. The summed E-state index contributed by atoms with van der Waals surface area (Å²) >= 11 is 0. The van der Waals surface area contributed by atoms with Crippen LogP contribution in [0.1, 0.15) is 28.8 Å². The van der Waals surface area contributed by atoms with Gasteiger partial charge in [0, 0.05) is 19.0 Å². The van der Waals surface area contributed by atoms with E-state index in [-0.39, 0.29) is 11.7 Å². The SMILES string of the molecule is O=C(O)c1cnn(Cc2ccc(OC3CCOCC3)cc2)c1. The number of benzene rings is 1. The number of carboxylic acids is 1. The molecule has 0 bridgehead atoms. The van der Waals surface area contributed by atoms with Crippen molar-refractivity contribution >= 4 is 5.97 Å². The molecule has 3 rings (SSSR count). The second-order valence-electron chi connectivity index (χ2n) is 5.31. The Balaban J connectivity index is 1.59. The monoisotopic (exact) mass is 302 g/mol. The second kappa shape index (κ2) is 6.62. The number of hydrogen-bond donors (Lipinski definition) is 1. The topological polar surface area (TPSA) is 73.6 Å². The van der Waals surface area contributed by atoms with E-state index in [4.69, 9.17) is 14.6 Å². The molecule has 1 aromatic carbocycles. The van der Waals surface area contributed by atoms with Crippen LogP contribution in [-0.2, 0) is 11.3 Å². The fourth-order valence-electron chi connectivity index (χ4n) is 2.41. The number of carbonyl (C=O) groups is 1. The summed E-state index contributed by atoms with van der Waals surface area (Å²) in [6.07, 6.45) is 4.95. The van der Waals surface area contributed by atoms with Crippen molar-refractivity contribution in [3.05, 3.63) is 47.8 Å². The van der Waals surface area contributed by atoms with Gasteiger partial charge in [-0.15, -0.1) is 0 Å². The quantitative estimate of drug-likeness (QED) is 0.916. The van der Waals surface area contributed by atoms with Gasteiger partial charge in [-0.05, 0) is 17.7 Å². The van der Waals surface area contributed by atoms with Crippen molar-refractivity contribution in [2.45, 2.75) is 25.5 Å². The van der Waals surface area contributed by atoms with Gasteiger partial charge in [-0.3, -0.25) is 4.68 Å². The van der Waals surface area contributed by atoms with E-state index in [1.807, 2.05) is 24.3 Å². The first kappa shape index (κ1) is 14.6. The summed E-state index contributed by atoms with van der Waals surface area (Å²) in [6.45, 7) is 2.05. The Hall–Kier alpha value is -2.34. The summed E-state index contributed by atoms with van der Waals surface area (Å²) in [7, 11) is 0. The number of nitrogens with zero attached hydrogens (tertiary/aromatic N) is 2. The largest absolute Gasteiger partial charge is 0.490 e. The Morgan fingerprint density at radius 3 is 2.68 bits per heavy atom. The van der Waals surface area contributed by atoms with E-state index in [2.05, 4.69) is 5.10 Å². The van der Waals surface area contributed by atoms with Crippen molar-refractivity contribution in [2.24, 2.45) is 0 Å². The number of hydrogen-bond acceptors (Lipinski definition) is 4. The molecule has 2 heterocycles.